The molecule has 0 aromatic carbocycles. The van der Waals surface area contributed by atoms with Gasteiger partial charge in [0.1, 0.15) is 0 Å². The van der Waals surface area contributed by atoms with E-state index in [0.29, 0.717) is 0 Å². The van der Waals surface area contributed by atoms with E-state index in [2.05, 4.69) is 11.8 Å². The van der Waals surface area contributed by atoms with E-state index in [1.54, 1.807) is 0 Å². The van der Waals surface area contributed by atoms with Crippen molar-refractivity contribution in [3.8, 4) is 0 Å². The first-order valence-electron chi connectivity index (χ1n) is 2.35. The molecule has 1 unspecified atom stereocenters. The quantitative estimate of drug-likeness (QED) is 0.525. The Morgan fingerprint density at radius 3 is 2.29 bits per heavy atom. The van der Waals surface area contributed by atoms with Crippen LogP contribution in [-0.2, 0) is 4.84 Å². The molecule has 43 valence electrons. The maximum absolute atomic E-state index is 4.85. The molecular formula is C5H12NO. The van der Waals surface area contributed by atoms with Gasteiger partial charge in [0, 0.05) is 0 Å². The predicted molar refractivity (Wildman–Crippen MR) is 29.3 cm³/mol. The highest BCUT2D eigenvalue weighted by molar-refractivity contribution is 4.73. The molecule has 7 heavy (non-hydrogen) atoms. The highest BCUT2D eigenvalue weighted by atomic mass is 16.6. The fraction of sp³-hybridized carbons (Fsp3) is 0.800. The molecular weight excluding hydrogens is 90.1 g/mol. The Bertz CT molecular complexity index is 46.0. The van der Waals surface area contributed by atoms with Crippen LogP contribution in [0.15, 0.2) is 0 Å². The average Bonchev–Trinajstić information content (AvgIpc) is 1.68. The Morgan fingerprint density at radius 2 is 2.29 bits per heavy atom. The molecule has 2 heteroatoms. The van der Waals surface area contributed by atoms with Crippen molar-refractivity contribution in [1.82, 2.24) is 0 Å². The molecule has 0 aromatic heterocycles. The molecule has 0 heterocycles. The second-order valence-electron chi connectivity index (χ2n) is 1.92. The summed E-state index contributed by atoms with van der Waals surface area (Å²) in [5.41, 5.74) is -0.389. The summed E-state index contributed by atoms with van der Waals surface area (Å²) in [5, 5.41) is 0. The molecule has 0 saturated carbocycles. The van der Waals surface area contributed by atoms with Crippen LogP contribution >= 0.6 is 0 Å². The van der Waals surface area contributed by atoms with Crippen molar-refractivity contribution < 1.29 is 4.84 Å². The van der Waals surface area contributed by atoms with Crippen LogP contribution in [0.1, 0.15) is 20.3 Å². The lowest BCUT2D eigenvalue weighted by Crippen LogP contribution is -2.26. The highest BCUT2D eigenvalue weighted by Gasteiger charge is 2.12. The molecule has 0 rings (SSSR count). The van der Waals surface area contributed by atoms with Crippen LogP contribution in [0.5, 0.6) is 0 Å². The number of nitrogens with two attached hydrogens (primary N) is 1. The van der Waals surface area contributed by atoms with Crippen molar-refractivity contribution in [1.29, 1.82) is 0 Å². The number of hydrogen-bond acceptors (Lipinski definition) is 2. The summed E-state index contributed by atoms with van der Waals surface area (Å²) in [7, 11) is 0. The van der Waals surface area contributed by atoms with Crippen molar-refractivity contribution in [2.75, 3.05) is 0 Å². The Morgan fingerprint density at radius 1 is 1.86 bits per heavy atom. The minimum Gasteiger partial charge on any atom is -0.298 e. The zero-order valence-electron chi connectivity index (χ0n) is 4.90. The van der Waals surface area contributed by atoms with E-state index in [4.69, 9.17) is 5.90 Å². The predicted octanol–water partition coefficient (Wildman–Crippen LogP) is 0.879. The van der Waals surface area contributed by atoms with Gasteiger partial charge in [-0.05, 0) is 20.3 Å². The van der Waals surface area contributed by atoms with Gasteiger partial charge in [0.05, 0.1) is 5.60 Å². The zero-order valence-corrected chi connectivity index (χ0v) is 4.90. The lowest BCUT2D eigenvalue weighted by molar-refractivity contribution is -0.000813. The summed E-state index contributed by atoms with van der Waals surface area (Å²) in [6.07, 6.45) is 0.837. The standard InChI is InChI=1S/C5H12NO/c1-4-5(2,3)7-6/h2,4,6H2,1,3H3. The van der Waals surface area contributed by atoms with Gasteiger partial charge in [0.15, 0.2) is 0 Å². The molecule has 0 aromatic rings. The summed E-state index contributed by atoms with van der Waals surface area (Å²) in [4.78, 5) is 4.48. The minimum atomic E-state index is -0.389. The molecule has 0 saturated heterocycles. The van der Waals surface area contributed by atoms with Crippen molar-refractivity contribution in [2.45, 2.75) is 25.9 Å². The van der Waals surface area contributed by atoms with E-state index in [9.17, 15) is 0 Å². The topological polar surface area (TPSA) is 35.2 Å². The van der Waals surface area contributed by atoms with Crippen molar-refractivity contribution in [3.05, 3.63) is 6.92 Å². The summed E-state index contributed by atoms with van der Waals surface area (Å²) in [6.45, 7) is 7.47. The fourth-order valence-corrected chi connectivity index (χ4v) is 0.0833. The molecule has 0 fully saturated rings. The Hall–Kier alpha value is -0.0800. The smallest absolute Gasteiger partial charge is 0.0864 e. The van der Waals surface area contributed by atoms with Crippen LogP contribution in [0.4, 0.5) is 0 Å². The van der Waals surface area contributed by atoms with E-state index in [1.165, 1.54) is 0 Å². The molecule has 1 atom stereocenters. The second kappa shape index (κ2) is 2.28. The molecule has 1 radical (unpaired) electrons. The maximum atomic E-state index is 4.85. The highest BCUT2D eigenvalue weighted by Crippen LogP contribution is 2.08. The third-order valence-corrected chi connectivity index (χ3v) is 1.03. The molecule has 0 aliphatic carbocycles. The molecule has 0 amide bonds. The van der Waals surface area contributed by atoms with E-state index in [-0.39, 0.29) is 5.60 Å². The van der Waals surface area contributed by atoms with Gasteiger partial charge in [0.2, 0.25) is 0 Å². The molecule has 0 spiro atoms. The lowest BCUT2D eigenvalue weighted by Gasteiger charge is -2.17. The summed E-state index contributed by atoms with van der Waals surface area (Å²) < 4.78 is 0. The van der Waals surface area contributed by atoms with Crippen LogP contribution in [-0.4, -0.2) is 5.60 Å². The molecule has 2 nitrogen and oxygen atoms in total. The fourth-order valence-electron chi connectivity index (χ4n) is 0.0833. The summed E-state index contributed by atoms with van der Waals surface area (Å²) in [6, 6.07) is 0. The summed E-state index contributed by atoms with van der Waals surface area (Å²) in [5.74, 6) is 4.85. The van der Waals surface area contributed by atoms with E-state index in [1.807, 2.05) is 13.8 Å². The minimum absolute atomic E-state index is 0.389. The van der Waals surface area contributed by atoms with E-state index >= 15 is 0 Å². The first-order chi connectivity index (χ1) is 3.12. The van der Waals surface area contributed by atoms with Gasteiger partial charge in [-0.15, -0.1) is 0 Å². The average molecular weight is 102 g/mol. The molecule has 2 N–H and O–H groups in total. The van der Waals surface area contributed by atoms with Gasteiger partial charge in [-0.25, -0.2) is 5.90 Å². The summed E-state index contributed by atoms with van der Waals surface area (Å²) >= 11 is 0. The van der Waals surface area contributed by atoms with Crippen molar-refractivity contribution >= 4 is 0 Å². The Balaban J connectivity index is 3.36. The third-order valence-electron chi connectivity index (χ3n) is 1.03. The SMILES string of the molecule is [CH2]C(C)(CC)ON. The Labute approximate surface area is 44.6 Å². The largest absolute Gasteiger partial charge is 0.298 e. The Kier molecular flexibility index (Phi) is 2.26. The first-order valence-corrected chi connectivity index (χ1v) is 2.35. The monoisotopic (exact) mass is 102 g/mol. The van der Waals surface area contributed by atoms with Gasteiger partial charge >= 0.3 is 0 Å². The van der Waals surface area contributed by atoms with Crippen LogP contribution in [0.3, 0.4) is 0 Å². The van der Waals surface area contributed by atoms with Crippen LogP contribution < -0.4 is 5.90 Å². The zero-order chi connectivity index (χ0) is 5.91. The van der Waals surface area contributed by atoms with Gasteiger partial charge in [0.25, 0.3) is 0 Å². The first kappa shape index (κ1) is 6.92. The number of hydrogen-bond donors (Lipinski definition) is 1. The maximum Gasteiger partial charge on any atom is 0.0864 e. The lowest BCUT2D eigenvalue weighted by atomic mass is 10.1. The molecule has 0 bridgehead atoms. The molecule has 0 aliphatic rings. The van der Waals surface area contributed by atoms with Gasteiger partial charge < -0.3 is 0 Å². The van der Waals surface area contributed by atoms with E-state index < -0.39 is 0 Å². The van der Waals surface area contributed by atoms with Crippen LogP contribution in [0.25, 0.3) is 0 Å². The number of rotatable bonds is 2. The van der Waals surface area contributed by atoms with Gasteiger partial charge in [-0.1, -0.05) is 6.92 Å². The molecule has 0 aliphatic heterocycles. The van der Waals surface area contributed by atoms with Gasteiger partial charge in [-0.3, -0.25) is 4.84 Å². The van der Waals surface area contributed by atoms with E-state index in [0.717, 1.165) is 6.42 Å². The normalized spacial score (nSPS) is 12.0. The second-order valence-corrected chi connectivity index (χ2v) is 1.92. The van der Waals surface area contributed by atoms with Crippen molar-refractivity contribution in [2.24, 2.45) is 5.90 Å². The van der Waals surface area contributed by atoms with Crippen LogP contribution in [0.2, 0.25) is 0 Å². The van der Waals surface area contributed by atoms with Gasteiger partial charge in [-0.2, -0.15) is 0 Å². The van der Waals surface area contributed by atoms with Crippen LogP contribution in [0, 0.1) is 6.92 Å². The van der Waals surface area contributed by atoms with Crippen molar-refractivity contribution in [3.63, 3.8) is 0 Å². The third kappa shape index (κ3) is 2.60.